The van der Waals surface area contributed by atoms with Crippen molar-refractivity contribution in [3.8, 4) is 0 Å². The molecule has 0 spiro atoms. The SMILES string of the molecule is CCC(C)N1CCN(C(CC)CNC(C)C)CC1. The van der Waals surface area contributed by atoms with Crippen LogP contribution in [-0.4, -0.2) is 60.6 Å². The first-order valence-electron chi connectivity index (χ1n) is 7.79. The fraction of sp³-hybridized carbons (Fsp3) is 1.00. The Labute approximate surface area is 114 Å². The quantitative estimate of drug-likeness (QED) is 0.752. The summed E-state index contributed by atoms with van der Waals surface area (Å²) < 4.78 is 0. The second kappa shape index (κ2) is 8.13. The number of nitrogens with zero attached hydrogens (tertiary/aromatic N) is 2. The minimum absolute atomic E-state index is 0.598. The second-order valence-corrected chi connectivity index (χ2v) is 5.95. The van der Waals surface area contributed by atoms with Gasteiger partial charge in [-0.15, -0.1) is 0 Å². The van der Waals surface area contributed by atoms with Crippen molar-refractivity contribution in [2.24, 2.45) is 0 Å². The molecule has 3 nitrogen and oxygen atoms in total. The minimum Gasteiger partial charge on any atom is -0.313 e. The average molecular weight is 255 g/mol. The van der Waals surface area contributed by atoms with Gasteiger partial charge in [0.2, 0.25) is 0 Å². The van der Waals surface area contributed by atoms with Crippen molar-refractivity contribution < 1.29 is 0 Å². The third-order valence-electron chi connectivity index (χ3n) is 4.31. The molecule has 108 valence electrons. The summed E-state index contributed by atoms with van der Waals surface area (Å²) in [6.07, 6.45) is 2.52. The first-order chi connectivity index (χ1) is 8.58. The van der Waals surface area contributed by atoms with Crippen LogP contribution in [0, 0.1) is 0 Å². The van der Waals surface area contributed by atoms with E-state index in [0.717, 1.165) is 12.6 Å². The van der Waals surface area contributed by atoms with Crippen LogP contribution in [0.5, 0.6) is 0 Å². The summed E-state index contributed by atoms with van der Waals surface area (Å²) in [5, 5.41) is 3.58. The summed E-state index contributed by atoms with van der Waals surface area (Å²) in [5.41, 5.74) is 0. The number of nitrogens with one attached hydrogen (secondary N) is 1. The van der Waals surface area contributed by atoms with Gasteiger partial charge in [-0.3, -0.25) is 9.80 Å². The lowest BCUT2D eigenvalue weighted by Gasteiger charge is -2.41. The first kappa shape index (κ1) is 15.9. The maximum atomic E-state index is 3.58. The lowest BCUT2D eigenvalue weighted by atomic mass is 10.1. The van der Waals surface area contributed by atoms with Crippen LogP contribution in [0.15, 0.2) is 0 Å². The van der Waals surface area contributed by atoms with E-state index in [9.17, 15) is 0 Å². The molecule has 0 aromatic rings. The number of hydrogen-bond acceptors (Lipinski definition) is 3. The molecule has 1 heterocycles. The van der Waals surface area contributed by atoms with Crippen molar-refractivity contribution >= 4 is 0 Å². The number of piperazine rings is 1. The predicted molar refractivity (Wildman–Crippen MR) is 80.1 cm³/mol. The molecule has 3 heteroatoms. The molecule has 0 aliphatic carbocycles. The third kappa shape index (κ3) is 4.87. The van der Waals surface area contributed by atoms with Crippen molar-refractivity contribution in [3.05, 3.63) is 0 Å². The molecule has 2 unspecified atom stereocenters. The van der Waals surface area contributed by atoms with Gasteiger partial charge >= 0.3 is 0 Å². The van der Waals surface area contributed by atoms with Gasteiger partial charge < -0.3 is 5.32 Å². The van der Waals surface area contributed by atoms with Crippen LogP contribution < -0.4 is 5.32 Å². The summed E-state index contributed by atoms with van der Waals surface area (Å²) >= 11 is 0. The summed E-state index contributed by atoms with van der Waals surface area (Å²) in [4.78, 5) is 5.31. The van der Waals surface area contributed by atoms with Crippen LogP contribution in [-0.2, 0) is 0 Å². The molecule has 0 bridgehead atoms. The highest BCUT2D eigenvalue weighted by Gasteiger charge is 2.24. The fourth-order valence-corrected chi connectivity index (χ4v) is 2.70. The van der Waals surface area contributed by atoms with Gasteiger partial charge in [-0.05, 0) is 19.8 Å². The standard InChI is InChI=1S/C15H33N3/c1-6-14(5)17-8-10-18(11-9-17)15(7-2)12-16-13(3)4/h13-16H,6-12H2,1-5H3. The van der Waals surface area contributed by atoms with Crippen molar-refractivity contribution in [2.75, 3.05) is 32.7 Å². The Balaban J connectivity index is 2.35. The van der Waals surface area contributed by atoms with Crippen molar-refractivity contribution in [3.63, 3.8) is 0 Å². The highest BCUT2D eigenvalue weighted by Crippen LogP contribution is 2.12. The van der Waals surface area contributed by atoms with Crippen molar-refractivity contribution in [1.29, 1.82) is 0 Å². The number of rotatable bonds is 7. The first-order valence-corrected chi connectivity index (χ1v) is 7.79. The molecule has 0 aromatic heterocycles. The molecule has 0 amide bonds. The van der Waals surface area contributed by atoms with E-state index in [1.807, 2.05) is 0 Å². The molecule has 1 N–H and O–H groups in total. The monoisotopic (exact) mass is 255 g/mol. The van der Waals surface area contributed by atoms with Crippen LogP contribution in [0.2, 0.25) is 0 Å². The molecule has 2 atom stereocenters. The van der Waals surface area contributed by atoms with Gasteiger partial charge in [-0.1, -0.05) is 27.7 Å². The Morgan fingerprint density at radius 3 is 1.89 bits per heavy atom. The molecule has 1 fully saturated rings. The van der Waals surface area contributed by atoms with Gasteiger partial charge in [0.1, 0.15) is 0 Å². The summed E-state index contributed by atoms with van der Waals surface area (Å²) in [5.74, 6) is 0. The van der Waals surface area contributed by atoms with E-state index in [-0.39, 0.29) is 0 Å². The summed E-state index contributed by atoms with van der Waals surface area (Å²) in [6, 6.07) is 2.06. The smallest absolute Gasteiger partial charge is 0.0219 e. The van der Waals surface area contributed by atoms with E-state index < -0.39 is 0 Å². The normalized spacial score (nSPS) is 22.3. The van der Waals surface area contributed by atoms with Gasteiger partial charge in [0.05, 0.1) is 0 Å². The largest absolute Gasteiger partial charge is 0.313 e. The third-order valence-corrected chi connectivity index (χ3v) is 4.31. The van der Waals surface area contributed by atoms with E-state index in [0.29, 0.717) is 12.1 Å². The minimum atomic E-state index is 0.598. The maximum absolute atomic E-state index is 3.58. The molecule has 0 radical (unpaired) electrons. The van der Waals surface area contributed by atoms with Crippen LogP contribution in [0.25, 0.3) is 0 Å². The molecular formula is C15H33N3. The van der Waals surface area contributed by atoms with Gasteiger partial charge in [0.15, 0.2) is 0 Å². The average Bonchev–Trinajstić information content (AvgIpc) is 2.39. The van der Waals surface area contributed by atoms with Crippen LogP contribution in [0.1, 0.15) is 47.5 Å². The van der Waals surface area contributed by atoms with E-state index in [1.54, 1.807) is 0 Å². The Morgan fingerprint density at radius 2 is 1.44 bits per heavy atom. The molecule has 1 saturated heterocycles. The number of hydrogen-bond donors (Lipinski definition) is 1. The molecular weight excluding hydrogens is 222 g/mol. The van der Waals surface area contributed by atoms with Gasteiger partial charge in [-0.2, -0.15) is 0 Å². The van der Waals surface area contributed by atoms with Crippen LogP contribution >= 0.6 is 0 Å². The van der Waals surface area contributed by atoms with E-state index in [2.05, 4.69) is 49.7 Å². The Kier molecular flexibility index (Phi) is 7.20. The maximum Gasteiger partial charge on any atom is 0.0219 e. The lowest BCUT2D eigenvalue weighted by molar-refractivity contribution is 0.0701. The topological polar surface area (TPSA) is 18.5 Å². The van der Waals surface area contributed by atoms with E-state index >= 15 is 0 Å². The highest BCUT2D eigenvalue weighted by molar-refractivity contribution is 4.81. The molecule has 0 saturated carbocycles. The highest BCUT2D eigenvalue weighted by atomic mass is 15.3. The molecule has 1 aliphatic heterocycles. The molecule has 1 aliphatic rings. The summed E-state index contributed by atoms with van der Waals surface area (Å²) in [6.45, 7) is 17.5. The Hall–Kier alpha value is -0.120. The zero-order valence-corrected chi connectivity index (χ0v) is 13.1. The molecule has 18 heavy (non-hydrogen) atoms. The van der Waals surface area contributed by atoms with Crippen LogP contribution in [0.4, 0.5) is 0 Å². The van der Waals surface area contributed by atoms with E-state index in [4.69, 9.17) is 0 Å². The van der Waals surface area contributed by atoms with Gasteiger partial charge in [-0.25, -0.2) is 0 Å². The molecule has 1 rings (SSSR count). The van der Waals surface area contributed by atoms with Crippen molar-refractivity contribution in [2.45, 2.75) is 65.6 Å². The summed E-state index contributed by atoms with van der Waals surface area (Å²) in [7, 11) is 0. The van der Waals surface area contributed by atoms with Crippen molar-refractivity contribution in [1.82, 2.24) is 15.1 Å². The molecule has 0 aromatic carbocycles. The fourth-order valence-electron chi connectivity index (χ4n) is 2.70. The van der Waals surface area contributed by atoms with E-state index in [1.165, 1.54) is 39.0 Å². The zero-order chi connectivity index (χ0) is 13.5. The van der Waals surface area contributed by atoms with Gasteiger partial charge in [0, 0.05) is 50.8 Å². The van der Waals surface area contributed by atoms with Crippen LogP contribution in [0.3, 0.4) is 0 Å². The Morgan fingerprint density at radius 1 is 0.889 bits per heavy atom. The Bertz CT molecular complexity index is 210. The predicted octanol–water partition coefficient (Wildman–Crippen LogP) is 2.18. The lowest BCUT2D eigenvalue weighted by Crippen LogP contribution is -2.54. The van der Waals surface area contributed by atoms with Gasteiger partial charge in [0.25, 0.3) is 0 Å². The zero-order valence-electron chi connectivity index (χ0n) is 13.1. The second-order valence-electron chi connectivity index (χ2n) is 5.95.